The summed E-state index contributed by atoms with van der Waals surface area (Å²) in [5, 5.41) is 17.5. The Balaban J connectivity index is 0.562. The summed E-state index contributed by atoms with van der Waals surface area (Å²) in [5.41, 5.74) is 20.7. The average Bonchev–Trinajstić information content (AvgIpc) is 1.56. The van der Waals surface area contributed by atoms with Crippen molar-refractivity contribution in [2.45, 2.75) is 0 Å². The molecule has 6 aromatic heterocycles. The first kappa shape index (κ1) is 65.4. The number of furan rings is 3. The zero-order chi connectivity index (χ0) is 76.1. The van der Waals surface area contributed by atoms with E-state index in [2.05, 4.69) is 322 Å². The lowest BCUT2D eigenvalue weighted by molar-refractivity contribution is 0.665. The lowest BCUT2D eigenvalue weighted by Crippen LogP contribution is -2.00. The molecule has 10 heteroatoms. The van der Waals surface area contributed by atoms with Gasteiger partial charge in [-0.2, -0.15) is 0 Å². The highest BCUT2D eigenvalue weighted by atomic mass is 32.1. The minimum atomic E-state index is 0.538. The van der Waals surface area contributed by atoms with E-state index >= 15 is 0 Å². The maximum atomic E-state index is 6.89. The van der Waals surface area contributed by atoms with E-state index in [9.17, 15) is 0 Å². The molecule has 0 fully saturated rings. The minimum Gasteiger partial charge on any atom is -0.456 e. The number of fused-ring (bicyclic) bond motifs is 16. The third kappa shape index (κ3) is 10.9. The summed E-state index contributed by atoms with van der Waals surface area (Å²) in [6.45, 7) is 0. The van der Waals surface area contributed by atoms with Crippen molar-refractivity contribution in [1.29, 1.82) is 0 Å². The summed E-state index contributed by atoms with van der Waals surface area (Å²) in [6, 6.07) is 129. The standard InChI is InChI=1S/C106H60N6O3S/c1-3-16-68-54-70(42-34-61(68)14-1)63-30-38-66(39-31-63)101-108-104(111-105(109-101)88-24-12-27-92-96(88)86-51-50-76(60-93(86)113-92)80-21-13-29-95-97(80)87-20-7-10-28-94(87)116-95)78-49-37-65-35-43-75(58-79(65)59-78)74-47-46-72-55-71(44-45-73(72)56-74)64-32-40-67(41-33-64)102-107-103(77-48-36-62-15-2-4-17-69(62)57-77)112-106(110-102)89-53-52-84(100-98(89)85-19-6-9-26-91(85)115-100)83-23-11-22-82-81-18-5-8-25-90(81)114-99(82)83/h1-60H. The number of nitrogens with zero attached hydrogens (tertiary/aromatic N) is 6. The van der Waals surface area contributed by atoms with Crippen LogP contribution in [0.3, 0.4) is 0 Å². The molecule has 0 saturated heterocycles. The van der Waals surface area contributed by atoms with E-state index in [1.807, 2.05) is 53.8 Å². The van der Waals surface area contributed by atoms with Crippen LogP contribution in [0.2, 0.25) is 0 Å². The first-order valence-corrected chi connectivity index (χ1v) is 39.7. The zero-order valence-corrected chi connectivity index (χ0v) is 62.8. The van der Waals surface area contributed by atoms with Gasteiger partial charge in [0, 0.05) is 97.0 Å². The van der Waals surface area contributed by atoms with Crippen molar-refractivity contribution in [3.63, 3.8) is 0 Å². The van der Waals surface area contributed by atoms with Crippen LogP contribution >= 0.6 is 11.3 Å². The molecule has 0 aliphatic carbocycles. The third-order valence-corrected chi connectivity index (χ3v) is 24.3. The normalized spacial score (nSPS) is 12.0. The van der Waals surface area contributed by atoms with Crippen molar-refractivity contribution in [3.05, 3.63) is 364 Å². The minimum absolute atomic E-state index is 0.538. The van der Waals surface area contributed by atoms with Gasteiger partial charge in [-0.15, -0.1) is 11.3 Å². The lowest BCUT2D eigenvalue weighted by Gasteiger charge is -2.12. The molecule has 0 aliphatic rings. The molecule has 24 aromatic rings. The molecule has 18 aromatic carbocycles. The SMILES string of the molecule is c1ccc2cc(-c3ccc(-c4nc(-c5ccc6ccc(-c7ccc8cc(-c9ccc(-c%10nc(-c%11ccc%12ccccc%12c%11)nc(-c%11ccc(-c%12cccc%13c%12oc%12ccccc%12%13)c%12oc%13ccccc%13c%11%12)n%10)cc9)ccc8c7)cc6c5)nc(-c5cccc6oc7cc(-c8cccc9sc%10ccccc%10c89)ccc7c56)n4)cc3)ccc2c1. The molecule has 0 amide bonds. The number of rotatable bonds is 11. The van der Waals surface area contributed by atoms with Gasteiger partial charge in [0.15, 0.2) is 34.9 Å². The molecular formula is C106H60N6O3S. The van der Waals surface area contributed by atoms with E-state index in [0.29, 0.717) is 34.9 Å². The van der Waals surface area contributed by atoms with Crippen molar-refractivity contribution in [3.8, 4) is 124 Å². The highest BCUT2D eigenvalue weighted by molar-refractivity contribution is 7.26. The Labute approximate surface area is 667 Å². The second kappa shape index (κ2) is 26.1. The molecule has 9 nitrogen and oxygen atoms in total. The van der Waals surface area contributed by atoms with Crippen molar-refractivity contribution < 1.29 is 13.3 Å². The van der Waals surface area contributed by atoms with Gasteiger partial charge < -0.3 is 13.3 Å². The van der Waals surface area contributed by atoms with Gasteiger partial charge in [0.25, 0.3) is 0 Å². The summed E-state index contributed by atoms with van der Waals surface area (Å²) in [4.78, 5) is 32.1. The van der Waals surface area contributed by atoms with Crippen LogP contribution in [0.1, 0.15) is 0 Å². The molecule has 116 heavy (non-hydrogen) atoms. The van der Waals surface area contributed by atoms with E-state index in [4.69, 9.17) is 43.2 Å². The summed E-state index contributed by atoms with van der Waals surface area (Å²) < 4.78 is 22.9. The first-order chi connectivity index (χ1) is 57.4. The predicted octanol–water partition coefficient (Wildman–Crippen LogP) is 29.1. The Morgan fingerprint density at radius 2 is 0.552 bits per heavy atom. The highest BCUT2D eigenvalue weighted by Crippen LogP contribution is 2.48. The van der Waals surface area contributed by atoms with Gasteiger partial charge in [-0.25, -0.2) is 29.9 Å². The Kier molecular flexibility index (Phi) is 14.7. The van der Waals surface area contributed by atoms with Crippen LogP contribution in [0, 0.1) is 0 Å². The van der Waals surface area contributed by atoms with Crippen LogP contribution < -0.4 is 0 Å². The number of aromatic nitrogens is 6. The number of hydrogen-bond acceptors (Lipinski definition) is 10. The van der Waals surface area contributed by atoms with E-state index in [-0.39, 0.29) is 0 Å². The number of thiophene rings is 1. The van der Waals surface area contributed by atoms with Gasteiger partial charge in [-0.05, 0) is 179 Å². The molecule has 538 valence electrons. The molecule has 0 unspecified atom stereocenters. The van der Waals surface area contributed by atoms with Gasteiger partial charge >= 0.3 is 0 Å². The Morgan fingerprint density at radius 3 is 1.21 bits per heavy atom. The lowest BCUT2D eigenvalue weighted by atomic mass is 9.95. The van der Waals surface area contributed by atoms with Crippen molar-refractivity contribution >= 4 is 140 Å². The van der Waals surface area contributed by atoms with E-state index < -0.39 is 0 Å². The molecular weight excluding hydrogens is 1440 g/mol. The van der Waals surface area contributed by atoms with Crippen LogP contribution in [-0.2, 0) is 0 Å². The maximum Gasteiger partial charge on any atom is 0.164 e. The summed E-state index contributed by atoms with van der Waals surface area (Å²) in [7, 11) is 0. The molecule has 0 N–H and O–H groups in total. The highest BCUT2D eigenvalue weighted by Gasteiger charge is 2.26. The van der Waals surface area contributed by atoms with Crippen molar-refractivity contribution in [2.75, 3.05) is 0 Å². The van der Waals surface area contributed by atoms with Crippen LogP contribution in [0.5, 0.6) is 0 Å². The molecule has 0 atom stereocenters. The summed E-state index contributed by atoms with van der Waals surface area (Å²) in [6.07, 6.45) is 0. The Hall–Kier alpha value is -15.4. The van der Waals surface area contributed by atoms with Gasteiger partial charge in [0.2, 0.25) is 0 Å². The smallest absolute Gasteiger partial charge is 0.164 e. The average molecular weight is 1500 g/mol. The van der Waals surface area contributed by atoms with Crippen molar-refractivity contribution in [2.24, 2.45) is 0 Å². The molecule has 6 heterocycles. The number of hydrogen-bond donors (Lipinski definition) is 0. The first-order valence-electron chi connectivity index (χ1n) is 38.9. The number of para-hydroxylation sites is 3. The van der Waals surface area contributed by atoms with Gasteiger partial charge in [-0.1, -0.05) is 273 Å². The van der Waals surface area contributed by atoms with Crippen LogP contribution in [0.25, 0.3) is 253 Å². The molecule has 0 saturated carbocycles. The molecule has 24 rings (SSSR count). The molecule has 0 spiro atoms. The monoisotopic (exact) mass is 1500 g/mol. The van der Waals surface area contributed by atoms with Gasteiger partial charge in [-0.3, -0.25) is 0 Å². The fraction of sp³-hybridized carbons (Fsp3) is 0. The Bertz CT molecular complexity index is 8240. The third-order valence-electron chi connectivity index (χ3n) is 23.2. The molecule has 0 aliphatic heterocycles. The topological polar surface area (TPSA) is 117 Å². The Morgan fingerprint density at radius 1 is 0.172 bits per heavy atom. The summed E-state index contributed by atoms with van der Waals surface area (Å²) in [5.74, 6) is 3.36. The van der Waals surface area contributed by atoms with Crippen LogP contribution in [-0.4, -0.2) is 29.9 Å². The fourth-order valence-electron chi connectivity index (χ4n) is 17.4. The van der Waals surface area contributed by atoms with E-state index in [1.54, 1.807) is 0 Å². The second-order valence-electron chi connectivity index (χ2n) is 30.0. The maximum absolute atomic E-state index is 6.89. The largest absolute Gasteiger partial charge is 0.456 e. The van der Waals surface area contributed by atoms with Crippen LogP contribution in [0.15, 0.2) is 377 Å². The van der Waals surface area contributed by atoms with E-state index in [0.717, 1.165) is 182 Å². The summed E-state index contributed by atoms with van der Waals surface area (Å²) >= 11 is 1.83. The predicted molar refractivity (Wildman–Crippen MR) is 478 cm³/mol. The van der Waals surface area contributed by atoms with Gasteiger partial charge in [0.1, 0.15) is 33.5 Å². The molecule has 0 bridgehead atoms. The van der Waals surface area contributed by atoms with Crippen molar-refractivity contribution in [1.82, 2.24) is 29.9 Å². The van der Waals surface area contributed by atoms with E-state index in [1.165, 1.54) is 36.5 Å². The fourth-order valence-corrected chi connectivity index (χ4v) is 18.5. The second-order valence-corrected chi connectivity index (χ2v) is 31.0. The quantitative estimate of drug-likeness (QED) is 0.125. The number of benzene rings is 18. The van der Waals surface area contributed by atoms with Gasteiger partial charge in [0.05, 0.1) is 0 Å². The zero-order valence-electron chi connectivity index (χ0n) is 62.0. The molecule has 0 radical (unpaired) electrons. The van der Waals surface area contributed by atoms with Crippen LogP contribution in [0.4, 0.5) is 0 Å².